The summed E-state index contributed by atoms with van der Waals surface area (Å²) >= 11 is 0. The van der Waals surface area contributed by atoms with E-state index in [1.807, 2.05) is 6.07 Å². The van der Waals surface area contributed by atoms with Gasteiger partial charge in [0.25, 0.3) is 0 Å². The second kappa shape index (κ2) is 20.6. The van der Waals surface area contributed by atoms with Crippen LogP contribution >= 0.6 is 8.03 Å². The lowest BCUT2D eigenvalue weighted by molar-refractivity contribution is 0.513. The van der Waals surface area contributed by atoms with Crippen molar-refractivity contribution in [2.75, 3.05) is 6.54 Å². The first-order chi connectivity index (χ1) is 12.7. The van der Waals surface area contributed by atoms with Crippen LogP contribution in [0.2, 0.25) is 0 Å². The molecule has 0 saturated carbocycles. The van der Waals surface area contributed by atoms with E-state index in [9.17, 15) is 4.57 Å². The molecule has 1 rings (SSSR count). The van der Waals surface area contributed by atoms with E-state index in [1.165, 1.54) is 89.9 Å². The Morgan fingerprint density at radius 1 is 0.731 bits per heavy atom. The van der Waals surface area contributed by atoms with Gasteiger partial charge in [-0.05, 0) is 29.7 Å². The first-order valence-electron chi connectivity index (χ1n) is 10.6. The Labute approximate surface area is 162 Å². The van der Waals surface area contributed by atoms with E-state index in [1.54, 1.807) is 24.3 Å². The predicted molar refractivity (Wildman–Crippen MR) is 115 cm³/mol. The largest absolute Gasteiger partial charge is 0.546 e. The Bertz CT molecular complexity index is 398. The van der Waals surface area contributed by atoms with E-state index in [0.29, 0.717) is 5.30 Å². The molecule has 1 aromatic rings. The zero-order valence-corrected chi connectivity index (χ0v) is 17.8. The first kappa shape index (κ1) is 25.2. The summed E-state index contributed by atoms with van der Waals surface area (Å²) < 4.78 is 10.3. The molecule has 1 unspecified atom stereocenters. The summed E-state index contributed by atoms with van der Waals surface area (Å²) in [5.74, 6) is 0. The standard InChI is InChI=1S/C16H35N.C6H5O2P/c1-2-3-4-5-6-7-8-9-10-11-12-13-14-15-16-17;7-9(8)6-4-2-1-3-5-6/h2-17H2,1H3;1-5H/p+1. The lowest BCUT2D eigenvalue weighted by atomic mass is 10.0. The average molecular weight is 383 g/mol. The minimum Gasteiger partial charge on any atom is -0.330 e. The van der Waals surface area contributed by atoms with Crippen LogP contribution in [-0.2, 0) is 4.57 Å². The quantitative estimate of drug-likeness (QED) is 0.270. The lowest BCUT2D eigenvalue weighted by Crippen LogP contribution is -1.97. The van der Waals surface area contributed by atoms with E-state index >= 15 is 0 Å². The van der Waals surface area contributed by atoms with E-state index < -0.39 is 8.03 Å². The summed E-state index contributed by atoms with van der Waals surface area (Å²) in [6, 6.07) is 8.53. The van der Waals surface area contributed by atoms with E-state index in [2.05, 4.69) is 6.92 Å². The molecule has 0 aliphatic rings. The Hall–Kier alpha value is -0.760. The van der Waals surface area contributed by atoms with Crippen LogP contribution < -0.4 is 11.0 Å². The van der Waals surface area contributed by atoms with Gasteiger partial charge in [0.05, 0.1) is 0 Å². The number of benzene rings is 1. The van der Waals surface area contributed by atoms with Crippen molar-refractivity contribution in [1.82, 2.24) is 0 Å². The maximum absolute atomic E-state index is 10.3. The molecular weight excluding hydrogens is 341 g/mol. The third-order valence-corrected chi connectivity index (χ3v) is 5.27. The molecule has 4 heteroatoms. The van der Waals surface area contributed by atoms with Crippen LogP contribution in [0.25, 0.3) is 0 Å². The number of hydrogen-bond donors (Lipinski definition) is 2. The van der Waals surface area contributed by atoms with Gasteiger partial charge in [0.15, 0.2) is 0 Å². The fraction of sp³-hybridized carbons (Fsp3) is 0.727. The summed E-state index contributed by atoms with van der Waals surface area (Å²) in [6.45, 7) is 3.16. The van der Waals surface area contributed by atoms with Gasteiger partial charge in [0.1, 0.15) is 0 Å². The minimum absolute atomic E-state index is 0.479. The fourth-order valence-corrected chi connectivity index (χ4v) is 3.32. The Morgan fingerprint density at radius 2 is 1.12 bits per heavy atom. The third-order valence-electron chi connectivity index (χ3n) is 4.53. The van der Waals surface area contributed by atoms with Crippen LogP contribution in [-0.4, -0.2) is 11.4 Å². The van der Waals surface area contributed by atoms with Crippen LogP contribution in [0.4, 0.5) is 0 Å². The zero-order valence-electron chi connectivity index (χ0n) is 16.9. The fourth-order valence-electron chi connectivity index (χ4n) is 2.89. The van der Waals surface area contributed by atoms with Gasteiger partial charge in [-0.2, -0.15) is 4.89 Å². The molecule has 0 aromatic heterocycles. The Morgan fingerprint density at radius 3 is 1.42 bits per heavy atom. The highest BCUT2D eigenvalue weighted by Crippen LogP contribution is 2.12. The van der Waals surface area contributed by atoms with Crippen LogP contribution in [0.3, 0.4) is 0 Å². The molecule has 0 aliphatic carbocycles. The highest BCUT2D eigenvalue weighted by molar-refractivity contribution is 7.47. The van der Waals surface area contributed by atoms with Crippen molar-refractivity contribution in [1.29, 1.82) is 0 Å². The number of rotatable bonds is 15. The summed E-state index contributed by atoms with van der Waals surface area (Å²) in [5.41, 5.74) is 5.47. The molecule has 0 radical (unpaired) electrons. The molecule has 0 amide bonds. The summed E-state index contributed by atoms with van der Waals surface area (Å²) in [4.78, 5) is 8.53. The van der Waals surface area contributed by atoms with Gasteiger partial charge in [-0.15, -0.1) is 0 Å². The molecule has 0 bridgehead atoms. The summed E-state index contributed by atoms with van der Waals surface area (Å²) in [7, 11) is -2.15. The van der Waals surface area contributed by atoms with E-state index in [4.69, 9.17) is 10.6 Å². The summed E-state index contributed by atoms with van der Waals surface area (Å²) in [6.07, 6.45) is 19.9. The van der Waals surface area contributed by atoms with Gasteiger partial charge in [0.2, 0.25) is 5.30 Å². The SMILES string of the molecule is CCCCCCCCCCCCCCCCN.O=[P+](O)c1ccccc1. The minimum atomic E-state index is -2.15. The number of nitrogens with two attached hydrogens (primary N) is 1. The van der Waals surface area contributed by atoms with Gasteiger partial charge in [-0.25, -0.2) is 0 Å². The molecule has 0 fully saturated rings. The molecule has 0 heterocycles. The van der Waals surface area contributed by atoms with E-state index in [-0.39, 0.29) is 0 Å². The van der Waals surface area contributed by atoms with Crippen molar-refractivity contribution in [2.45, 2.75) is 96.8 Å². The second-order valence-corrected chi connectivity index (χ2v) is 8.06. The molecule has 26 heavy (non-hydrogen) atoms. The van der Waals surface area contributed by atoms with Crippen molar-refractivity contribution in [3.8, 4) is 0 Å². The molecule has 3 nitrogen and oxygen atoms in total. The van der Waals surface area contributed by atoms with Gasteiger partial charge in [-0.1, -0.05) is 109 Å². The normalized spacial score (nSPS) is 11.0. The van der Waals surface area contributed by atoms with Crippen molar-refractivity contribution in [3.05, 3.63) is 30.3 Å². The average Bonchev–Trinajstić information content (AvgIpc) is 2.67. The molecule has 1 atom stereocenters. The van der Waals surface area contributed by atoms with Crippen molar-refractivity contribution < 1.29 is 9.46 Å². The lowest BCUT2D eigenvalue weighted by Gasteiger charge is -2.02. The Balaban J connectivity index is 0.000000577. The predicted octanol–water partition coefficient (Wildman–Crippen LogP) is 6.47. The molecule has 3 N–H and O–H groups in total. The molecular formula is C22H41NO2P+. The van der Waals surface area contributed by atoms with Crippen molar-refractivity contribution >= 4 is 13.3 Å². The second-order valence-electron chi connectivity index (χ2n) is 6.99. The topological polar surface area (TPSA) is 63.3 Å². The van der Waals surface area contributed by atoms with Gasteiger partial charge in [0, 0.05) is 0 Å². The Kier molecular flexibility index (Phi) is 19.9. The van der Waals surface area contributed by atoms with Gasteiger partial charge < -0.3 is 5.73 Å². The maximum Gasteiger partial charge on any atom is 0.546 e. The number of unbranched alkanes of at least 4 members (excludes halogenated alkanes) is 13. The van der Waals surface area contributed by atoms with Crippen LogP contribution in [0.5, 0.6) is 0 Å². The zero-order chi connectivity index (χ0) is 19.3. The molecule has 150 valence electrons. The van der Waals surface area contributed by atoms with Crippen molar-refractivity contribution in [2.24, 2.45) is 5.73 Å². The van der Waals surface area contributed by atoms with Crippen LogP contribution in [0.15, 0.2) is 30.3 Å². The maximum atomic E-state index is 10.3. The number of hydrogen-bond acceptors (Lipinski definition) is 2. The highest BCUT2D eigenvalue weighted by Gasteiger charge is 2.12. The molecule has 0 saturated heterocycles. The van der Waals surface area contributed by atoms with Gasteiger partial charge >= 0.3 is 8.03 Å². The molecule has 0 spiro atoms. The monoisotopic (exact) mass is 382 g/mol. The molecule has 1 aromatic carbocycles. The van der Waals surface area contributed by atoms with Crippen LogP contribution in [0.1, 0.15) is 96.8 Å². The van der Waals surface area contributed by atoms with Gasteiger partial charge in [-0.3, -0.25) is 0 Å². The first-order valence-corrected chi connectivity index (χ1v) is 11.8. The third kappa shape index (κ3) is 18.0. The smallest absolute Gasteiger partial charge is 0.330 e. The summed E-state index contributed by atoms with van der Waals surface area (Å²) in [5, 5.41) is 0.479. The molecule has 0 aliphatic heterocycles. The van der Waals surface area contributed by atoms with E-state index in [0.717, 1.165) is 6.54 Å². The van der Waals surface area contributed by atoms with Crippen molar-refractivity contribution in [3.63, 3.8) is 0 Å². The van der Waals surface area contributed by atoms with Crippen LogP contribution in [0, 0.1) is 0 Å². The highest BCUT2D eigenvalue weighted by atomic mass is 31.1.